The van der Waals surface area contributed by atoms with Crippen LogP contribution in [0, 0.1) is 0 Å². The van der Waals surface area contributed by atoms with Crippen LogP contribution in [0.4, 0.5) is 0 Å². The highest BCUT2D eigenvalue weighted by Crippen LogP contribution is 2.24. The van der Waals surface area contributed by atoms with Crippen molar-refractivity contribution < 1.29 is 27.9 Å². The first-order chi connectivity index (χ1) is 15.6. The standard InChI is InChI=1S/C24H19NO7/c26-22(25-13-17-5-3-9-29-17)18-10-15-7-8-16(12-20(15)32-23(18)27)30-24(28)21-11-14-4-1-2-6-19(14)31-21/h1-2,4,6-8,10-12,17H,3,5,9,13H2,(H,25,26). The summed E-state index contributed by atoms with van der Waals surface area (Å²) in [5.74, 6) is -0.947. The first-order valence-corrected chi connectivity index (χ1v) is 10.3. The van der Waals surface area contributed by atoms with Crippen molar-refractivity contribution >= 4 is 33.8 Å². The number of rotatable bonds is 5. The number of esters is 1. The molecule has 1 atom stereocenters. The van der Waals surface area contributed by atoms with E-state index < -0.39 is 17.5 Å². The quantitative estimate of drug-likeness (QED) is 0.291. The Morgan fingerprint density at radius 2 is 1.84 bits per heavy atom. The summed E-state index contributed by atoms with van der Waals surface area (Å²) in [7, 11) is 0. The normalized spacial score (nSPS) is 15.8. The Morgan fingerprint density at radius 1 is 1.00 bits per heavy atom. The number of carbonyl (C=O) groups is 2. The predicted octanol–water partition coefficient (Wildman–Crippen LogP) is 3.67. The second-order valence-electron chi connectivity index (χ2n) is 7.53. The number of amides is 1. The SMILES string of the molecule is O=C(Oc1ccc2cc(C(=O)NCC3CCCO3)c(=O)oc2c1)c1cc2ccccc2o1. The van der Waals surface area contributed by atoms with Gasteiger partial charge in [0.2, 0.25) is 5.76 Å². The van der Waals surface area contributed by atoms with Crippen LogP contribution in [0.15, 0.2) is 68.2 Å². The van der Waals surface area contributed by atoms with Crippen molar-refractivity contribution in [1.29, 1.82) is 0 Å². The molecule has 0 saturated carbocycles. The van der Waals surface area contributed by atoms with Crippen LogP contribution in [-0.2, 0) is 4.74 Å². The summed E-state index contributed by atoms with van der Waals surface area (Å²) < 4.78 is 21.6. The van der Waals surface area contributed by atoms with E-state index in [0.29, 0.717) is 24.1 Å². The van der Waals surface area contributed by atoms with E-state index in [9.17, 15) is 14.4 Å². The smallest absolute Gasteiger partial charge is 0.379 e. The van der Waals surface area contributed by atoms with Crippen molar-refractivity contribution in [3.05, 3.63) is 76.3 Å². The highest BCUT2D eigenvalue weighted by atomic mass is 16.5. The molecule has 1 aliphatic rings. The molecule has 1 unspecified atom stereocenters. The fourth-order valence-electron chi connectivity index (χ4n) is 3.66. The van der Waals surface area contributed by atoms with E-state index in [1.807, 2.05) is 18.2 Å². The number of ether oxygens (including phenoxy) is 2. The minimum Gasteiger partial charge on any atom is -0.449 e. The molecule has 3 heterocycles. The van der Waals surface area contributed by atoms with Gasteiger partial charge in [0.15, 0.2) is 0 Å². The van der Waals surface area contributed by atoms with Crippen LogP contribution in [0.1, 0.15) is 33.8 Å². The molecule has 1 fully saturated rings. The molecule has 0 spiro atoms. The molecule has 0 radical (unpaired) electrons. The molecule has 1 amide bonds. The van der Waals surface area contributed by atoms with E-state index >= 15 is 0 Å². The lowest BCUT2D eigenvalue weighted by molar-refractivity contribution is 0.0704. The van der Waals surface area contributed by atoms with E-state index in [-0.39, 0.29) is 28.8 Å². The Labute approximate surface area is 181 Å². The maximum absolute atomic E-state index is 12.4. The van der Waals surface area contributed by atoms with Crippen LogP contribution < -0.4 is 15.7 Å². The zero-order valence-corrected chi connectivity index (χ0v) is 17.0. The zero-order valence-electron chi connectivity index (χ0n) is 17.0. The van der Waals surface area contributed by atoms with Gasteiger partial charge in [0, 0.05) is 30.0 Å². The third-order valence-electron chi connectivity index (χ3n) is 5.30. The average molecular weight is 433 g/mol. The van der Waals surface area contributed by atoms with E-state index in [2.05, 4.69) is 5.32 Å². The summed E-state index contributed by atoms with van der Waals surface area (Å²) >= 11 is 0. The van der Waals surface area contributed by atoms with Crippen LogP contribution >= 0.6 is 0 Å². The molecular formula is C24H19NO7. The number of nitrogens with one attached hydrogen (secondary N) is 1. The molecular weight excluding hydrogens is 414 g/mol. The van der Waals surface area contributed by atoms with Crippen molar-refractivity contribution in [2.45, 2.75) is 18.9 Å². The second-order valence-corrected chi connectivity index (χ2v) is 7.53. The fraction of sp³-hybridized carbons (Fsp3) is 0.208. The third-order valence-corrected chi connectivity index (χ3v) is 5.30. The van der Waals surface area contributed by atoms with Crippen molar-refractivity contribution in [3.8, 4) is 5.75 Å². The van der Waals surface area contributed by atoms with Gasteiger partial charge in [0.1, 0.15) is 22.5 Å². The van der Waals surface area contributed by atoms with Gasteiger partial charge in [0.25, 0.3) is 5.91 Å². The molecule has 1 N–H and O–H groups in total. The van der Waals surface area contributed by atoms with Gasteiger partial charge in [-0.2, -0.15) is 0 Å². The minimum absolute atomic E-state index is 0.0320. The molecule has 0 bridgehead atoms. The van der Waals surface area contributed by atoms with E-state index in [0.717, 1.165) is 18.2 Å². The number of hydrogen-bond acceptors (Lipinski definition) is 7. The molecule has 8 heteroatoms. The van der Waals surface area contributed by atoms with E-state index in [4.69, 9.17) is 18.3 Å². The molecule has 2 aromatic heterocycles. The van der Waals surface area contributed by atoms with Gasteiger partial charge in [-0.05, 0) is 43.2 Å². The molecule has 1 aliphatic heterocycles. The summed E-state index contributed by atoms with van der Waals surface area (Å²) in [5.41, 5.74) is -0.0968. The van der Waals surface area contributed by atoms with Gasteiger partial charge in [-0.15, -0.1) is 0 Å². The van der Waals surface area contributed by atoms with Gasteiger partial charge in [0.05, 0.1) is 6.10 Å². The highest BCUT2D eigenvalue weighted by molar-refractivity contribution is 5.97. The highest BCUT2D eigenvalue weighted by Gasteiger charge is 2.20. The van der Waals surface area contributed by atoms with Gasteiger partial charge in [-0.3, -0.25) is 4.79 Å². The van der Waals surface area contributed by atoms with Crippen molar-refractivity contribution in [1.82, 2.24) is 5.32 Å². The Balaban J connectivity index is 1.33. The molecule has 4 aromatic rings. The summed E-state index contributed by atoms with van der Waals surface area (Å²) in [5, 5.41) is 4.02. The van der Waals surface area contributed by atoms with Crippen LogP contribution in [-0.4, -0.2) is 31.1 Å². The van der Waals surface area contributed by atoms with Crippen molar-refractivity contribution in [3.63, 3.8) is 0 Å². The third kappa shape index (κ3) is 4.00. The number of hydrogen-bond donors (Lipinski definition) is 1. The van der Waals surface area contributed by atoms with Crippen LogP contribution in [0.25, 0.3) is 21.9 Å². The largest absolute Gasteiger partial charge is 0.449 e. The molecule has 8 nitrogen and oxygen atoms in total. The van der Waals surface area contributed by atoms with Crippen LogP contribution in [0.5, 0.6) is 5.75 Å². The number of furan rings is 1. The number of para-hydroxylation sites is 1. The fourth-order valence-corrected chi connectivity index (χ4v) is 3.66. The predicted molar refractivity (Wildman–Crippen MR) is 115 cm³/mol. The monoisotopic (exact) mass is 433 g/mol. The lowest BCUT2D eigenvalue weighted by Gasteiger charge is -2.10. The Hall–Kier alpha value is -3.91. The topological polar surface area (TPSA) is 108 Å². The van der Waals surface area contributed by atoms with Crippen LogP contribution in [0.2, 0.25) is 0 Å². The first-order valence-electron chi connectivity index (χ1n) is 10.3. The van der Waals surface area contributed by atoms with Crippen molar-refractivity contribution in [2.24, 2.45) is 0 Å². The zero-order chi connectivity index (χ0) is 22.1. The van der Waals surface area contributed by atoms with Gasteiger partial charge in [-0.1, -0.05) is 18.2 Å². The molecule has 0 aliphatic carbocycles. The van der Waals surface area contributed by atoms with Gasteiger partial charge < -0.3 is 23.6 Å². The second kappa shape index (κ2) is 8.32. The van der Waals surface area contributed by atoms with Gasteiger partial charge >= 0.3 is 11.6 Å². The van der Waals surface area contributed by atoms with E-state index in [1.54, 1.807) is 24.3 Å². The average Bonchev–Trinajstić information content (AvgIpc) is 3.46. The number of carbonyl (C=O) groups excluding carboxylic acids is 2. The molecule has 2 aromatic carbocycles. The number of benzene rings is 2. The van der Waals surface area contributed by atoms with E-state index in [1.165, 1.54) is 12.1 Å². The summed E-state index contributed by atoms with van der Waals surface area (Å²) in [6.45, 7) is 1.02. The Morgan fingerprint density at radius 3 is 2.66 bits per heavy atom. The Kier molecular flexibility index (Phi) is 5.20. The summed E-state index contributed by atoms with van der Waals surface area (Å²) in [4.78, 5) is 37.2. The maximum Gasteiger partial charge on any atom is 0.379 e. The van der Waals surface area contributed by atoms with Crippen molar-refractivity contribution in [2.75, 3.05) is 13.2 Å². The minimum atomic E-state index is -0.775. The Bertz CT molecular complexity index is 1350. The molecule has 32 heavy (non-hydrogen) atoms. The first kappa shape index (κ1) is 20.0. The summed E-state index contributed by atoms with van der Waals surface area (Å²) in [6.07, 6.45) is 1.81. The van der Waals surface area contributed by atoms with Crippen LogP contribution in [0.3, 0.4) is 0 Å². The lowest BCUT2D eigenvalue weighted by Crippen LogP contribution is -2.34. The van der Waals surface area contributed by atoms with Gasteiger partial charge in [-0.25, -0.2) is 9.59 Å². The summed E-state index contributed by atoms with van der Waals surface area (Å²) in [6, 6.07) is 14.9. The molecule has 162 valence electrons. The molecule has 5 rings (SSSR count). The lowest BCUT2D eigenvalue weighted by atomic mass is 10.1. The number of fused-ring (bicyclic) bond motifs is 2. The molecule has 1 saturated heterocycles. The maximum atomic E-state index is 12.4.